The van der Waals surface area contributed by atoms with E-state index in [0.717, 1.165) is 44.9 Å². The Morgan fingerprint density at radius 1 is 1.36 bits per heavy atom. The highest BCUT2D eigenvalue weighted by atomic mass is 16.5. The number of carbonyl (C=O) groups is 1. The SMILES string of the molecule is CCCCC[C@](C)(O)C=C[C@@H]1[C@H]2CC=CCCCC(=O)O[C@H]2C[C@H]1O. The van der Waals surface area contributed by atoms with Crippen LogP contribution in [0.15, 0.2) is 24.3 Å². The molecular formula is C21H34O4. The number of hydrogen-bond donors (Lipinski definition) is 2. The number of allylic oxidation sites excluding steroid dienone is 2. The van der Waals surface area contributed by atoms with Crippen LogP contribution in [0.1, 0.15) is 71.6 Å². The van der Waals surface area contributed by atoms with Gasteiger partial charge in [0.1, 0.15) is 6.10 Å². The summed E-state index contributed by atoms with van der Waals surface area (Å²) in [5.74, 6) is -0.163. The molecular weight excluding hydrogens is 316 g/mol. The lowest BCUT2D eigenvalue weighted by atomic mass is 9.87. The minimum atomic E-state index is -0.852. The van der Waals surface area contributed by atoms with E-state index in [0.29, 0.717) is 12.8 Å². The van der Waals surface area contributed by atoms with Gasteiger partial charge in [-0.3, -0.25) is 4.79 Å². The average Bonchev–Trinajstić information content (AvgIpc) is 2.84. The molecule has 1 heterocycles. The molecule has 2 N–H and O–H groups in total. The molecule has 1 fully saturated rings. The van der Waals surface area contributed by atoms with Crippen molar-refractivity contribution in [2.45, 2.75) is 89.4 Å². The molecule has 2 rings (SSSR count). The Morgan fingerprint density at radius 2 is 2.16 bits per heavy atom. The Balaban J connectivity index is 2.06. The smallest absolute Gasteiger partial charge is 0.306 e. The van der Waals surface area contributed by atoms with E-state index in [9.17, 15) is 15.0 Å². The number of carbonyl (C=O) groups excluding carboxylic acids is 1. The Kier molecular flexibility index (Phi) is 7.70. The standard InChI is InChI=1S/C21H34O4/c1-3-4-9-13-21(2,24)14-12-16-17-10-7-5-6-8-11-20(23)25-19(17)15-18(16)22/h5,7,12,14,16-19,22,24H,3-4,6,8-11,13,15H2,1-2H3/t16-,17-,18-,19+,21+/m1/s1. The normalized spacial score (nSPS) is 33.0. The minimum Gasteiger partial charge on any atom is -0.462 e. The molecule has 1 aliphatic carbocycles. The summed E-state index contributed by atoms with van der Waals surface area (Å²) in [4.78, 5) is 11.9. The van der Waals surface area contributed by atoms with Crippen LogP contribution in [0.2, 0.25) is 0 Å². The van der Waals surface area contributed by atoms with E-state index in [1.807, 2.05) is 19.1 Å². The van der Waals surface area contributed by atoms with Crippen molar-refractivity contribution in [1.82, 2.24) is 0 Å². The summed E-state index contributed by atoms with van der Waals surface area (Å²) in [6, 6.07) is 0. The third kappa shape index (κ3) is 6.27. The summed E-state index contributed by atoms with van der Waals surface area (Å²) < 4.78 is 5.63. The minimum absolute atomic E-state index is 0.0796. The zero-order valence-electron chi connectivity index (χ0n) is 15.7. The van der Waals surface area contributed by atoms with Gasteiger partial charge in [0, 0.05) is 24.7 Å². The highest BCUT2D eigenvalue weighted by Gasteiger charge is 2.43. The van der Waals surface area contributed by atoms with Crippen molar-refractivity contribution in [1.29, 1.82) is 0 Å². The van der Waals surface area contributed by atoms with Gasteiger partial charge >= 0.3 is 5.97 Å². The second kappa shape index (κ2) is 9.54. The summed E-state index contributed by atoms with van der Waals surface area (Å²) >= 11 is 0. The predicted octanol–water partition coefficient (Wildman–Crippen LogP) is 3.91. The molecule has 0 aromatic carbocycles. The summed E-state index contributed by atoms with van der Waals surface area (Å²) in [6.07, 6.45) is 14.7. The first-order chi connectivity index (χ1) is 11.9. The number of hydrogen-bond acceptors (Lipinski definition) is 4. The van der Waals surface area contributed by atoms with Crippen LogP contribution in [0.4, 0.5) is 0 Å². The van der Waals surface area contributed by atoms with Crippen LogP contribution < -0.4 is 0 Å². The number of ether oxygens (including phenoxy) is 1. The van der Waals surface area contributed by atoms with Crippen molar-refractivity contribution in [2.24, 2.45) is 11.8 Å². The summed E-state index contributed by atoms with van der Waals surface area (Å²) in [5, 5.41) is 21.0. The topological polar surface area (TPSA) is 66.8 Å². The van der Waals surface area contributed by atoms with Crippen LogP contribution in [0.5, 0.6) is 0 Å². The quantitative estimate of drug-likeness (QED) is 0.433. The van der Waals surface area contributed by atoms with Gasteiger partial charge in [-0.2, -0.15) is 0 Å². The van der Waals surface area contributed by atoms with E-state index in [1.165, 1.54) is 0 Å². The Hall–Kier alpha value is -1.13. The van der Waals surface area contributed by atoms with Crippen LogP contribution in [-0.2, 0) is 9.53 Å². The lowest BCUT2D eigenvalue weighted by Gasteiger charge is -2.25. The molecule has 1 saturated carbocycles. The van der Waals surface area contributed by atoms with Gasteiger partial charge in [0.25, 0.3) is 0 Å². The number of unbranched alkanes of at least 4 members (excludes halogenated alkanes) is 2. The van der Waals surface area contributed by atoms with Crippen molar-refractivity contribution in [3.05, 3.63) is 24.3 Å². The fourth-order valence-corrected chi connectivity index (χ4v) is 3.92. The molecule has 0 unspecified atom stereocenters. The maximum Gasteiger partial charge on any atom is 0.306 e. The van der Waals surface area contributed by atoms with Gasteiger partial charge in [-0.25, -0.2) is 0 Å². The van der Waals surface area contributed by atoms with Crippen LogP contribution in [0, 0.1) is 11.8 Å². The van der Waals surface area contributed by atoms with E-state index in [-0.39, 0.29) is 23.9 Å². The third-order valence-corrected chi connectivity index (χ3v) is 5.46. The van der Waals surface area contributed by atoms with Crippen molar-refractivity contribution in [3.63, 3.8) is 0 Å². The van der Waals surface area contributed by atoms with Crippen LogP contribution in [0.25, 0.3) is 0 Å². The number of aliphatic hydroxyl groups excluding tert-OH is 1. The first kappa shape index (κ1) is 20.2. The first-order valence-corrected chi connectivity index (χ1v) is 9.87. The van der Waals surface area contributed by atoms with Gasteiger partial charge in [-0.1, -0.05) is 50.5 Å². The Labute approximate surface area is 152 Å². The van der Waals surface area contributed by atoms with Gasteiger partial charge in [0.05, 0.1) is 11.7 Å². The highest BCUT2D eigenvalue weighted by molar-refractivity contribution is 5.69. The molecule has 0 amide bonds. The lowest BCUT2D eigenvalue weighted by molar-refractivity contribution is -0.151. The summed E-state index contributed by atoms with van der Waals surface area (Å²) in [6.45, 7) is 3.97. The van der Waals surface area contributed by atoms with Crippen molar-refractivity contribution < 1.29 is 19.7 Å². The summed E-state index contributed by atoms with van der Waals surface area (Å²) in [5.41, 5.74) is -0.852. The molecule has 4 heteroatoms. The van der Waals surface area contributed by atoms with Gasteiger partial charge in [0.15, 0.2) is 0 Å². The molecule has 25 heavy (non-hydrogen) atoms. The van der Waals surface area contributed by atoms with Crippen molar-refractivity contribution >= 4 is 5.97 Å². The number of aliphatic hydroxyl groups is 2. The van der Waals surface area contributed by atoms with E-state index in [1.54, 1.807) is 0 Å². The molecule has 0 aromatic heterocycles. The fourth-order valence-electron chi connectivity index (χ4n) is 3.92. The Morgan fingerprint density at radius 3 is 2.92 bits per heavy atom. The Bertz CT molecular complexity index is 480. The lowest BCUT2D eigenvalue weighted by Crippen LogP contribution is -2.26. The number of rotatable bonds is 6. The van der Waals surface area contributed by atoms with Gasteiger partial charge in [0.2, 0.25) is 0 Å². The molecule has 0 bridgehead atoms. The fraction of sp³-hybridized carbons (Fsp3) is 0.762. The first-order valence-electron chi connectivity index (χ1n) is 9.87. The maximum absolute atomic E-state index is 11.9. The largest absolute Gasteiger partial charge is 0.462 e. The number of esters is 1. The molecule has 0 radical (unpaired) electrons. The number of fused-ring (bicyclic) bond motifs is 1. The predicted molar refractivity (Wildman–Crippen MR) is 99.0 cm³/mol. The van der Waals surface area contributed by atoms with E-state index >= 15 is 0 Å². The summed E-state index contributed by atoms with van der Waals surface area (Å²) in [7, 11) is 0. The van der Waals surface area contributed by atoms with Gasteiger partial charge < -0.3 is 14.9 Å². The zero-order chi connectivity index (χ0) is 18.3. The second-order valence-electron chi connectivity index (χ2n) is 7.85. The highest BCUT2D eigenvalue weighted by Crippen LogP contribution is 2.39. The molecule has 0 aromatic rings. The molecule has 142 valence electrons. The molecule has 0 spiro atoms. The van der Waals surface area contributed by atoms with E-state index in [4.69, 9.17) is 4.74 Å². The van der Waals surface area contributed by atoms with Gasteiger partial charge in [-0.15, -0.1) is 0 Å². The molecule has 4 nitrogen and oxygen atoms in total. The third-order valence-electron chi connectivity index (χ3n) is 5.46. The molecule has 0 saturated heterocycles. The zero-order valence-corrected chi connectivity index (χ0v) is 15.7. The van der Waals surface area contributed by atoms with Crippen molar-refractivity contribution in [3.8, 4) is 0 Å². The van der Waals surface area contributed by atoms with E-state index in [2.05, 4.69) is 19.1 Å². The second-order valence-corrected chi connectivity index (χ2v) is 7.85. The van der Waals surface area contributed by atoms with Crippen molar-refractivity contribution in [2.75, 3.05) is 0 Å². The molecule has 1 aliphatic heterocycles. The molecule has 2 aliphatic rings. The van der Waals surface area contributed by atoms with Crippen LogP contribution in [0.3, 0.4) is 0 Å². The molecule has 5 atom stereocenters. The van der Waals surface area contributed by atoms with E-state index < -0.39 is 11.7 Å². The average molecular weight is 350 g/mol. The van der Waals surface area contributed by atoms with Crippen LogP contribution >= 0.6 is 0 Å². The monoisotopic (exact) mass is 350 g/mol. The van der Waals surface area contributed by atoms with Gasteiger partial charge in [-0.05, 0) is 32.6 Å². The maximum atomic E-state index is 11.9. The van der Waals surface area contributed by atoms with Crippen LogP contribution in [-0.4, -0.2) is 34.0 Å².